The summed E-state index contributed by atoms with van der Waals surface area (Å²) in [6.45, 7) is 2.44. The van der Waals surface area contributed by atoms with Gasteiger partial charge in [0, 0.05) is 19.0 Å². The molecular weight excluding hydrogens is 318 g/mol. The topological polar surface area (TPSA) is 70.0 Å². The largest absolute Gasteiger partial charge is 0.461 e. The van der Waals surface area contributed by atoms with E-state index < -0.39 is 0 Å². The Morgan fingerprint density at radius 3 is 2.64 bits per heavy atom. The third-order valence-electron chi connectivity index (χ3n) is 4.39. The molecule has 0 radical (unpaired) electrons. The molecule has 126 valence electrons. The maximum Gasteiger partial charge on any atom is 0.267 e. The lowest BCUT2D eigenvalue weighted by Crippen LogP contribution is -2.29. The van der Waals surface area contributed by atoms with Crippen molar-refractivity contribution in [3.05, 3.63) is 63.2 Å². The van der Waals surface area contributed by atoms with Crippen molar-refractivity contribution in [2.24, 2.45) is 7.05 Å². The fourth-order valence-corrected chi connectivity index (χ4v) is 3.22. The van der Waals surface area contributed by atoms with Gasteiger partial charge in [0.25, 0.3) is 5.56 Å². The van der Waals surface area contributed by atoms with Gasteiger partial charge in [0.05, 0.1) is 11.8 Å². The molecule has 3 heterocycles. The number of nitrogens with zero attached hydrogens (tertiary/aromatic N) is 3. The first-order chi connectivity index (χ1) is 12.1. The molecule has 0 aliphatic heterocycles. The number of pyridine rings is 1. The molecule has 4 aromatic rings. The second kappa shape index (κ2) is 5.73. The molecule has 0 amide bonds. The highest BCUT2D eigenvalue weighted by Crippen LogP contribution is 2.20. The Bertz CT molecular complexity index is 1200. The minimum Gasteiger partial charge on any atom is -0.461 e. The predicted molar refractivity (Wildman–Crippen MR) is 96.7 cm³/mol. The van der Waals surface area contributed by atoms with Gasteiger partial charge < -0.3 is 8.98 Å². The van der Waals surface area contributed by atoms with E-state index >= 15 is 0 Å². The van der Waals surface area contributed by atoms with Crippen LogP contribution in [0.1, 0.15) is 13.3 Å². The standard InChI is InChI=1S/C19H17N3O3/c1-3-10-22-17(14-9-6-11-25-14)20-18-15(19(22)24)16(23)12-7-4-5-8-13(12)21(18)2/h4-9,11H,3,10H2,1-2H3. The summed E-state index contributed by atoms with van der Waals surface area (Å²) in [5.74, 6) is 0.947. The van der Waals surface area contributed by atoms with Crippen LogP contribution in [0.3, 0.4) is 0 Å². The molecule has 0 unspecified atom stereocenters. The molecule has 0 spiro atoms. The Balaban J connectivity index is 2.24. The van der Waals surface area contributed by atoms with Gasteiger partial charge in [0.1, 0.15) is 5.39 Å². The second-order valence-corrected chi connectivity index (χ2v) is 5.97. The average Bonchev–Trinajstić information content (AvgIpc) is 3.16. The predicted octanol–water partition coefficient (Wildman–Crippen LogP) is 2.92. The molecule has 0 aliphatic carbocycles. The summed E-state index contributed by atoms with van der Waals surface area (Å²) in [5.41, 5.74) is 0.500. The molecule has 25 heavy (non-hydrogen) atoms. The van der Waals surface area contributed by atoms with Crippen molar-refractivity contribution in [1.29, 1.82) is 0 Å². The lowest BCUT2D eigenvalue weighted by molar-refractivity contribution is 0.560. The van der Waals surface area contributed by atoms with Crippen LogP contribution in [0.5, 0.6) is 0 Å². The first-order valence-corrected chi connectivity index (χ1v) is 8.19. The van der Waals surface area contributed by atoms with Crippen LogP contribution in [0, 0.1) is 0 Å². The maximum absolute atomic E-state index is 13.1. The molecule has 6 nitrogen and oxygen atoms in total. The Hall–Kier alpha value is -3.15. The summed E-state index contributed by atoms with van der Waals surface area (Å²) in [4.78, 5) is 30.7. The van der Waals surface area contributed by atoms with Crippen LogP contribution in [-0.4, -0.2) is 14.1 Å². The van der Waals surface area contributed by atoms with Crippen LogP contribution in [0.4, 0.5) is 0 Å². The molecule has 4 rings (SSSR count). The van der Waals surface area contributed by atoms with Gasteiger partial charge in [0.15, 0.2) is 17.2 Å². The van der Waals surface area contributed by atoms with Crippen LogP contribution in [-0.2, 0) is 13.6 Å². The van der Waals surface area contributed by atoms with Gasteiger partial charge in [-0.2, -0.15) is 0 Å². The first kappa shape index (κ1) is 15.4. The number of aryl methyl sites for hydroxylation is 1. The zero-order valence-corrected chi connectivity index (χ0v) is 14.0. The van der Waals surface area contributed by atoms with E-state index in [0.29, 0.717) is 29.2 Å². The van der Waals surface area contributed by atoms with E-state index in [4.69, 9.17) is 4.42 Å². The van der Waals surface area contributed by atoms with E-state index in [9.17, 15) is 9.59 Å². The van der Waals surface area contributed by atoms with Crippen LogP contribution in [0.2, 0.25) is 0 Å². The first-order valence-electron chi connectivity index (χ1n) is 8.19. The third kappa shape index (κ3) is 2.21. The molecule has 0 N–H and O–H groups in total. The average molecular weight is 335 g/mol. The highest BCUT2D eigenvalue weighted by Gasteiger charge is 2.19. The Kier molecular flexibility index (Phi) is 3.53. The number of benzene rings is 1. The normalized spacial score (nSPS) is 11.4. The summed E-state index contributed by atoms with van der Waals surface area (Å²) in [6.07, 6.45) is 2.29. The molecular formula is C19H17N3O3. The van der Waals surface area contributed by atoms with Crippen LogP contribution >= 0.6 is 0 Å². The highest BCUT2D eigenvalue weighted by molar-refractivity contribution is 5.91. The van der Waals surface area contributed by atoms with Crippen molar-refractivity contribution in [3.63, 3.8) is 0 Å². The molecule has 1 aromatic carbocycles. The van der Waals surface area contributed by atoms with Crippen LogP contribution in [0.15, 0.2) is 56.7 Å². The second-order valence-electron chi connectivity index (χ2n) is 5.97. The zero-order valence-electron chi connectivity index (χ0n) is 14.0. The van der Waals surface area contributed by atoms with Gasteiger partial charge >= 0.3 is 0 Å². The monoisotopic (exact) mass is 335 g/mol. The Labute approximate surface area is 143 Å². The van der Waals surface area contributed by atoms with Crippen LogP contribution < -0.4 is 11.0 Å². The summed E-state index contributed by atoms with van der Waals surface area (Å²) < 4.78 is 8.77. The number of hydrogen-bond acceptors (Lipinski definition) is 4. The van der Waals surface area contributed by atoms with Crippen molar-refractivity contribution < 1.29 is 4.42 Å². The molecule has 0 atom stereocenters. The van der Waals surface area contributed by atoms with Gasteiger partial charge in [-0.15, -0.1) is 0 Å². The minimum atomic E-state index is -0.329. The minimum absolute atomic E-state index is 0.116. The van der Waals surface area contributed by atoms with Crippen molar-refractivity contribution in [1.82, 2.24) is 14.1 Å². The molecule has 3 aromatic heterocycles. The Morgan fingerprint density at radius 1 is 1.12 bits per heavy atom. The third-order valence-corrected chi connectivity index (χ3v) is 4.39. The smallest absolute Gasteiger partial charge is 0.267 e. The highest BCUT2D eigenvalue weighted by atomic mass is 16.3. The fourth-order valence-electron chi connectivity index (χ4n) is 3.22. The number of para-hydroxylation sites is 1. The molecule has 0 fully saturated rings. The van der Waals surface area contributed by atoms with E-state index in [1.54, 1.807) is 35.1 Å². The lowest BCUT2D eigenvalue weighted by atomic mass is 10.1. The summed E-state index contributed by atoms with van der Waals surface area (Å²) in [5, 5.41) is 0.634. The number of furan rings is 1. The van der Waals surface area contributed by atoms with E-state index in [1.807, 2.05) is 26.1 Å². The fraction of sp³-hybridized carbons (Fsp3) is 0.211. The van der Waals surface area contributed by atoms with E-state index in [0.717, 1.165) is 11.9 Å². The van der Waals surface area contributed by atoms with Crippen molar-refractivity contribution in [3.8, 4) is 11.6 Å². The summed E-state index contributed by atoms with van der Waals surface area (Å²) >= 11 is 0. The molecule has 0 saturated carbocycles. The van der Waals surface area contributed by atoms with E-state index in [1.165, 1.54) is 4.57 Å². The zero-order chi connectivity index (χ0) is 17.6. The summed E-state index contributed by atoms with van der Waals surface area (Å²) in [7, 11) is 1.81. The molecule has 6 heteroatoms. The molecule has 0 aliphatic rings. The Morgan fingerprint density at radius 2 is 1.92 bits per heavy atom. The quantitative estimate of drug-likeness (QED) is 0.540. The van der Waals surface area contributed by atoms with Gasteiger partial charge in [-0.1, -0.05) is 19.1 Å². The number of fused-ring (bicyclic) bond motifs is 2. The van der Waals surface area contributed by atoms with E-state index in [2.05, 4.69) is 4.98 Å². The van der Waals surface area contributed by atoms with Crippen molar-refractivity contribution in [2.75, 3.05) is 0 Å². The lowest BCUT2D eigenvalue weighted by Gasteiger charge is -2.14. The van der Waals surface area contributed by atoms with Gasteiger partial charge in [0.2, 0.25) is 5.43 Å². The molecule has 0 bridgehead atoms. The van der Waals surface area contributed by atoms with Gasteiger partial charge in [-0.05, 0) is 30.7 Å². The number of rotatable bonds is 3. The van der Waals surface area contributed by atoms with Crippen molar-refractivity contribution in [2.45, 2.75) is 19.9 Å². The number of aromatic nitrogens is 3. The van der Waals surface area contributed by atoms with Crippen molar-refractivity contribution >= 4 is 21.9 Å². The molecule has 0 saturated heterocycles. The SMILES string of the molecule is CCCn1c(-c2ccco2)nc2c(c(=O)c3ccccc3n2C)c1=O. The summed E-state index contributed by atoms with van der Waals surface area (Å²) in [6, 6.07) is 10.8. The van der Waals surface area contributed by atoms with Gasteiger partial charge in [-0.3, -0.25) is 14.2 Å². The van der Waals surface area contributed by atoms with Gasteiger partial charge in [-0.25, -0.2) is 4.98 Å². The number of hydrogen-bond donors (Lipinski definition) is 0. The van der Waals surface area contributed by atoms with Crippen LogP contribution in [0.25, 0.3) is 33.5 Å². The maximum atomic E-state index is 13.1. The van der Waals surface area contributed by atoms with E-state index in [-0.39, 0.29) is 16.4 Å².